The molecule has 1 aliphatic heterocycles. The van der Waals surface area contributed by atoms with Crippen molar-refractivity contribution in [3.63, 3.8) is 0 Å². The van der Waals surface area contributed by atoms with Crippen molar-refractivity contribution in [3.05, 3.63) is 40.1 Å². The van der Waals surface area contributed by atoms with Gasteiger partial charge in [-0.2, -0.15) is 18.3 Å². The smallest absolute Gasteiger partial charge is 0.314 e. The zero-order chi connectivity index (χ0) is 21.5. The summed E-state index contributed by atoms with van der Waals surface area (Å²) < 4.78 is 42.0. The van der Waals surface area contributed by atoms with E-state index in [9.17, 15) is 13.2 Å². The Hall–Kier alpha value is -2.00. The number of nitrogens with one attached hydrogen (secondary N) is 2. The number of aromatic nitrogens is 4. The van der Waals surface area contributed by atoms with Gasteiger partial charge in [-0.25, -0.2) is 4.98 Å². The molecule has 1 saturated heterocycles. The molecule has 0 bridgehead atoms. The van der Waals surface area contributed by atoms with Crippen LogP contribution in [0.15, 0.2) is 28.9 Å². The van der Waals surface area contributed by atoms with Crippen molar-refractivity contribution in [1.29, 1.82) is 0 Å². The van der Waals surface area contributed by atoms with Crippen molar-refractivity contribution in [2.45, 2.75) is 51.2 Å². The molecule has 4 rings (SSSR count). The molecule has 1 aliphatic rings. The molecule has 9 heteroatoms. The Bertz CT molecular complexity index is 1050. The number of nitrogens with zero attached hydrogens (tertiary/aromatic N) is 3. The molecule has 0 amide bonds. The molecule has 0 aliphatic carbocycles. The van der Waals surface area contributed by atoms with Gasteiger partial charge < -0.3 is 5.32 Å². The fourth-order valence-corrected chi connectivity index (χ4v) is 4.53. The van der Waals surface area contributed by atoms with Crippen LogP contribution in [0.25, 0.3) is 22.4 Å². The number of alkyl halides is 3. The van der Waals surface area contributed by atoms with Gasteiger partial charge in [-0.1, -0.05) is 13.8 Å². The fraction of sp³-hybridized carbons (Fsp3) is 0.476. The summed E-state index contributed by atoms with van der Waals surface area (Å²) in [5.74, 6) is 0.676. The van der Waals surface area contributed by atoms with Crippen molar-refractivity contribution in [2.24, 2.45) is 5.92 Å². The van der Waals surface area contributed by atoms with Gasteiger partial charge >= 0.3 is 6.18 Å². The largest absolute Gasteiger partial charge is 0.418 e. The third kappa shape index (κ3) is 4.37. The Kier molecular flexibility index (Phi) is 5.85. The zero-order valence-corrected chi connectivity index (χ0v) is 18.3. The first-order valence-electron chi connectivity index (χ1n) is 10.0. The van der Waals surface area contributed by atoms with Gasteiger partial charge in [-0.3, -0.25) is 10.1 Å². The van der Waals surface area contributed by atoms with Gasteiger partial charge in [0, 0.05) is 33.7 Å². The third-order valence-corrected chi connectivity index (χ3v) is 5.94. The van der Waals surface area contributed by atoms with E-state index >= 15 is 0 Å². The minimum Gasteiger partial charge on any atom is -0.314 e. The molecule has 3 aromatic rings. The first-order chi connectivity index (χ1) is 14.2. The molecule has 2 atom stereocenters. The number of halogens is 4. The number of piperidine rings is 1. The molecule has 3 aromatic heterocycles. The Morgan fingerprint density at radius 3 is 2.80 bits per heavy atom. The van der Waals surface area contributed by atoms with Crippen LogP contribution < -0.4 is 5.32 Å². The Morgan fingerprint density at radius 2 is 2.07 bits per heavy atom. The SMILES string of the molecule is CC(C)C[C@H]1CC(c2ccc(C(F)(F)F)c(-c3[nH]nc4ncc(Br)cc34)n2)CCN1. The molecule has 0 radical (unpaired) electrons. The molecule has 4 heterocycles. The molecule has 30 heavy (non-hydrogen) atoms. The summed E-state index contributed by atoms with van der Waals surface area (Å²) in [6, 6.07) is 4.74. The lowest BCUT2D eigenvalue weighted by molar-refractivity contribution is -0.137. The summed E-state index contributed by atoms with van der Waals surface area (Å²) in [7, 11) is 0. The van der Waals surface area contributed by atoms with E-state index in [-0.39, 0.29) is 17.3 Å². The predicted octanol–water partition coefficient (Wildman–Crippen LogP) is 5.68. The van der Waals surface area contributed by atoms with Crippen LogP contribution in [0.5, 0.6) is 0 Å². The Balaban J connectivity index is 1.78. The normalized spacial score (nSPS) is 20.2. The predicted molar refractivity (Wildman–Crippen MR) is 113 cm³/mol. The van der Waals surface area contributed by atoms with Crippen molar-refractivity contribution >= 4 is 27.0 Å². The fourth-order valence-electron chi connectivity index (χ4n) is 4.20. The van der Waals surface area contributed by atoms with Crippen LogP contribution in [0.3, 0.4) is 0 Å². The Morgan fingerprint density at radius 1 is 1.27 bits per heavy atom. The van der Waals surface area contributed by atoms with Gasteiger partial charge in [0.2, 0.25) is 0 Å². The van der Waals surface area contributed by atoms with E-state index in [4.69, 9.17) is 0 Å². The van der Waals surface area contributed by atoms with Crippen LogP contribution in [0.2, 0.25) is 0 Å². The minimum absolute atomic E-state index is 0.120. The van der Waals surface area contributed by atoms with Crippen LogP contribution in [0.4, 0.5) is 13.2 Å². The maximum absolute atomic E-state index is 13.8. The second-order valence-electron chi connectivity index (χ2n) is 8.26. The lowest BCUT2D eigenvalue weighted by Crippen LogP contribution is -2.38. The molecule has 0 aromatic carbocycles. The quantitative estimate of drug-likeness (QED) is 0.502. The standard InChI is InChI=1S/C21H23BrF3N5/c1-11(2)7-14-8-12(5-6-26-14)17-4-3-16(21(23,24)25)19(28-17)18-15-9-13(22)10-27-20(15)30-29-18/h3-4,9-12,14,26H,5-8H2,1-2H3,(H,27,29,30)/t12?,14-/m0/s1. The number of rotatable bonds is 4. The highest BCUT2D eigenvalue weighted by molar-refractivity contribution is 9.10. The summed E-state index contributed by atoms with van der Waals surface area (Å²) in [6.45, 7) is 5.19. The van der Waals surface area contributed by atoms with Gasteiger partial charge in [0.25, 0.3) is 0 Å². The summed E-state index contributed by atoms with van der Waals surface area (Å²) in [5, 5.41) is 10.8. The maximum atomic E-state index is 13.8. The zero-order valence-electron chi connectivity index (χ0n) is 16.7. The third-order valence-electron chi connectivity index (χ3n) is 5.50. The summed E-state index contributed by atoms with van der Waals surface area (Å²) in [4.78, 5) is 8.70. The number of pyridine rings is 2. The highest BCUT2D eigenvalue weighted by atomic mass is 79.9. The van der Waals surface area contributed by atoms with E-state index in [1.165, 1.54) is 6.07 Å². The van der Waals surface area contributed by atoms with Crippen molar-refractivity contribution < 1.29 is 13.2 Å². The van der Waals surface area contributed by atoms with Gasteiger partial charge in [0.15, 0.2) is 5.65 Å². The summed E-state index contributed by atoms with van der Waals surface area (Å²) in [5.41, 5.74) is 0.387. The first kappa shape index (κ1) is 21.2. The van der Waals surface area contributed by atoms with E-state index in [1.54, 1.807) is 12.3 Å². The van der Waals surface area contributed by atoms with Crippen LogP contribution in [0.1, 0.15) is 50.3 Å². The molecule has 1 fully saturated rings. The van der Waals surface area contributed by atoms with Crippen molar-refractivity contribution in [1.82, 2.24) is 25.5 Å². The highest BCUT2D eigenvalue weighted by Gasteiger charge is 2.36. The first-order valence-corrected chi connectivity index (χ1v) is 10.8. The van der Waals surface area contributed by atoms with Crippen LogP contribution in [-0.2, 0) is 6.18 Å². The average Bonchev–Trinajstić information content (AvgIpc) is 3.09. The molecule has 0 spiro atoms. The number of aromatic amines is 1. The summed E-state index contributed by atoms with van der Waals surface area (Å²) >= 11 is 3.33. The second kappa shape index (κ2) is 8.26. The maximum Gasteiger partial charge on any atom is 0.418 e. The van der Waals surface area contributed by atoms with E-state index in [2.05, 4.69) is 55.3 Å². The van der Waals surface area contributed by atoms with E-state index in [1.807, 2.05) is 0 Å². The van der Waals surface area contributed by atoms with Gasteiger partial charge in [0.05, 0.1) is 11.3 Å². The van der Waals surface area contributed by atoms with Crippen LogP contribution in [-0.4, -0.2) is 32.8 Å². The van der Waals surface area contributed by atoms with Crippen molar-refractivity contribution in [2.75, 3.05) is 6.54 Å². The molecule has 0 saturated carbocycles. The topological polar surface area (TPSA) is 66.5 Å². The monoisotopic (exact) mass is 481 g/mol. The van der Waals surface area contributed by atoms with E-state index < -0.39 is 11.7 Å². The molecule has 5 nitrogen and oxygen atoms in total. The van der Waals surface area contributed by atoms with Gasteiger partial charge in [-0.15, -0.1) is 0 Å². The molecular formula is C21H23BrF3N5. The van der Waals surface area contributed by atoms with Crippen LogP contribution >= 0.6 is 15.9 Å². The van der Waals surface area contributed by atoms with Gasteiger partial charge in [0.1, 0.15) is 5.69 Å². The summed E-state index contributed by atoms with van der Waals surface area (Å²) in [6.07, 6.45) is -0.206. The highest BCUT2D eigenvalue weighted by Crippen LogP contribution is 2.39. The Labute approximate surface area is 181 Å². The minimum atomic E-state index is -4.52. The van der Waals surface area contributed by atoms with Crippen molar-refractivity contribution in [3.8, 4) is 11.4 Å². The number of hydrogen-bond donors (Lipinski definition) is 2. The van der Waals surface area contributed by atoms with E-state index in [0.29, 0.717) is 33.2 Å². The second-order valence-corrected chi connectivity index (χ2v) is 9.17. The van der Waals surface area contributed by atoms with Gasteiger partial charge in [-0.05, 0) is 65.9 Å². The molecule has 2 N–H and O–H groups in total. The van der Waals surface area contributed by atoms with E-state index in [0.717, 1.165) is 31.9 Å². The lowest BCUT2D eigenvalue weighted by Gasteiger charge is -2.31. The molecule has 160 valence electrons. The lowest BCUT2D eigenvalue weighted by atomic mass is 9.85. The number of H-pyrrole nitrogens is 1. The average molecular weight is 482 g/mol. The molecular weight excluding hydrogens is 459 g/mol. The van der Waals surface area contributed by atoms with Crippen LogP contribution in [0, 0.1) is 5.92 Å². The number of hydrogen-bond acceptors (Lipinski definition) is 4. The number of fused-ring (bicyclic) bond motifs is 1. The molecule has 1 unspecified atom stereocenters.